The average Bonchev–Trinajstić information content (AvgIpc) is 2.40. The Bertz CT molecular complexity index is 457. The minimum Gasteiger partial charge on any atom is -0.314 e. The van der Waals surface area contributed by atoms with Crippen LogP contribution >= 0.6 is 0 Å². The lowest BCUT2D eigenvalue weighted by Crippen LogP contribution is -2.46. The van der Waals surface area contributed by atoms with Gasteiger partial charge in [0.05, 0.1) is 17.3 Å². The van der Waals surface area contributed by atoms with Gasteiger partial charge in [-0.3, -0.25) is 0 Å². The van der Waals surface area contributed by atoms with Gasteiger partial charge >= 0.3 is 0 Å². The topological polar surface area (TPSA) is 83.6 Å². The molecule has 17 heavy (non-hydrogen) atoms. The molecule has 2 aliphatic heterocycles. The van der Waals surface area contributed by atoms with Crippen LogP contribution in [0.1, 0.15) is 12.8 Å². The lowest BCUT2D eigenvalue weighted by atomic mass is 10.1. The van der Waals surface area contributed by atoms with E-state index in [1.165, 1.54) is 4.31 Å². The summed E-state index contributed by atoms with van der Waals surface area (Å²) < 4.78 is 48.2. The summed E-state index contributed by atoms with van der Waals surface area (Å²) in [6.07, 6.45) is 0.864. The van der Waals surface area contributed by atoms with Crippen LogP contribution in [0.25, 0.3) is 0 Å². The van der Waals surface area contributed by atoms with Crippen LogP contribution in [-0.2, 0) is 19.9 Å². The molecule has 2 heterocycles. The van der Waals surface area contributed by atoms with Gasteiger partial charge in [0.15, 0.2) is 0 Å². The van der Waals surface area contributed by atoms with Crippen LogP contribution in [0.3, 0.4) is 0 Å². The summed E-state index contributed by atoms with van der Waals surface area (Å²) >= 11 is 0. The van der Waals surface area contributed by atoms with Crippen molar-refractivity contribution < 1.29 is 16.8 Å². The van der Waals surface area contributed by atoms with E-state index < -0.39 is 19.9 Å². The van der Waals surface area contributed by atoms with Crippen molar-refractivity contribution in [2.75, 3.05) is 36.9 Å². The first-order chi connectivity index (χ1) is 7.91. The molecule has 2 aliphatic rings. The molecule has 0 saturated carbocycles. The van der Waals surface area contributed by atoms with E-state index in [1.807, 2.05) is 0 Å². The van der Waals surface area contributed by atoms with Crippen LogP contribution in [-0.4, -0.2) is 64.1 Å². The Balaban J connectivity index is 2.11. The minimum absolute atomic E-state index is 0.107. The van der Waals surface area contributed by atoms with E-state index in [2.05, 4.69) is 5.32 Å². The van der Waals surface area contributed by atoms with Crippen molar-refractivity contribution in [3.05, 3.63) is 0 Å². The molecule has 0 spiro atoms. The smallest absolute Gasteiger partial charge is 0.215 e. The summed E-state index contributed by atoms with van der Waals surface area (Å²) in [5.74, 6) is 0.324. The SMILES string of the molecule is O=S1(=O)CCC(N2CCNCCS2(=O)=O)CC1. The van der Waals surface area contributed by atoms with E-state index in [0.717, 1.165) is 0 Å². The number of sulfonamides is 1. The van der Waals surface area contributed by atoms with Gasteiger partial charge in [-0.25, -0.2) is 16.8 Å². The zero-order valence-electron chi connectivity index (χ0n) is 9.63. The fourth-order valence-corrected chi connectivity index (χ4v) is 5.48. The monoisotopic (exact) mass is 282 g/mol. The largest absolute Gasteiger partial charge is 0.314 e. The quantitative estimate of drug-likeness (QED) is 0.653. The van der Waals surface area contributed by atoms with Crippen LogP contribution in [0, 0.1) is 0 Å². The summed E-state index contributed by atoms with van der Waals surface area (Å²) in [6, 6.07) is -0.136. The van der Waals surface area contributed by atoms with Gasteiger partial charge in [0, 0.05) is 25.7 Å². The molecular formula is C9H18N2O4S2. The molecular weight excluding hydrogens is 264 g/mol. The summed E-state index contributed by atoms with van der Waals surface area (Å²) in [5.41, 5.74) is 0. The third-order valence-electron chi connectivity index (χ3n) is 3.33. The Morgan fingerprint density at radius 2 is 1.59 bits per heavy atom. The molecule has 0 aliphatic carbocycles. The molecule has 0 aromatic heterocycles. The van der Waals surface area contributed by atoms with Crippen molar-refractivity contribution in [1.82, 2.24) is 9.62 Å². The molecule has 0 unspecified atom stereocenters. The van der Waals surface area contributed by atoms with Gasteiger partial charge < -0.3 is 5.32 Å². The number of nitrogens with one attached hydrogen (secondary N) is 1. The van der Waals surface area contributed by atoms with Crippen molar-refractivity contribution in [2.24, 2.45) is 0 Å². The summed E-state index contributed by atoms with van der Waals surface area (Å²) in [4.78, 5) is 0. The Kier molecular flexibility index (Phi) is 3.77. The first-order valence-electron chi connectivity index (χ1n) is 5.81. The first-order valence-corrected chi connectivity index (χ1v) is 9.24. The van der Waals surface area contributed by atoms with Crippen LogP contribution in [0.15, 0.2) is 0 Å². The Morgan fingerprint density at radius 1 is 0.941 bits per heavy atom. The van der Waals surface area contributed by atoms with E-state index in [0.29, 0.717) is 32.5 Å². The molecule has 0 bridgehead atoms. The Labute approximate surface area is 102 Å². The van der Waals surface area contributed by atoms with Gasteiger partial charge in [0.1, 0.15) is 9.84 Å². The predicted molar refractivity (Wildman–Crippen MR) is 65.0 cm³/mol. The second-order valence-corrected chi connectivity index (χ2v) is 8.90. The maximum Gasteiger partial charge on any atom is 0.215 e. The van der Waals surface area contributed by atoms with E-state index >= 15 is 0 Å². The maximum atomic E-state index is 12.0. The molecule has 0 amide bonds. The number of hydrogen-bond donors (Lipinski definition) is 1. The predicted octanol–water partition coefficient (Wildman–Crippen LogP) is -1.20. The normalized spacial score (nSPS) is 30.8. The Hall–Kier alpha value is -0.180. The molecule has 2 saturated heterocycles. The Morgan fingerprint density at radius 3 is 2.24 bits per heavy atom. The third-order valence-corrected chi connectivity index (χ3v) is 6.97. The molecule has 100 valence electrons. The molecule has 8 heteroatoms. The van der Waals surface area contributed by atoms with Gasteiger partial charge in [-0.05, 0) is 12.8 Å². The second-order valence-electron chi connectivity index (χ2n) is 4.56. The molecule has 1 N–H and O–H groups in total. The van der Waals surface area contributed by atoms with Gasteiger partial charge in [0.2, 0.25) is 10.0 Å². The molecule has 6 nitrogen and oxygen atoms in total. The number of hydrogen-bond acceptors (Lipinski definition) is 5. The summed E-state index contributed by atoms with van der Waals surface area (Å²) in [6.45, 7) is 1.57. The van der Waals surface area contributed by atoms with Crippen molar-refractivity contribution in [3.63, 3.8) is 0 Å². The van der Waals surface area contributed by atoms with Gasteiger partial charge in [-0.1, -0.05) is 0 Å². The summed E-state index contributed by atoms with van der Waals surface area (Å²) in [7, 11) is -6.16. The van der Waals surface area contributed by atoms with Crippen molar-refractivity contribution in [1.29, 1.82) is 0 Å². The lowest BCUT2D eigenvalue weighted by Gasteiger charge is -2.32. The second kappa shape index (κ2) is 4.83. The fraction of sp³-hybridized carbons (Fsp3) is 1.00. The standard InChI is InChI=1S/C9H18N2O4S2/c12-16(13)6-1-9(2-7-16)11-5-3-10-4-8-17(11,14)15/h9-10H,1-8H2. The zero-order valence-corrected chi connectivity index (χ0v) is 11.3. The van der Waals surface area contributed by atoms with Gasteiger partial charge in [-0.2, -0.15) is 4.31 Å². The highest BCUT2D eigenvalue weighted by Gasteiger charge is 2.34. The van der Waals surface area contributed by atoms with E-state index in [-0.39, 0.29) is 23.3 Å². The van der Waals surface area contributed by atoms with Crippen LogP contribution in [0.2, 0.25) is 0 Å². The first kappa shape index (κ1) is 13.3. The molecule has 2 rings (SSSR count). The van der Waals surface area contributed by atoms with E-state index in [1.54, 1.807) is 0 Å². The van der Waals surface area contributed by atoms with Gasteiger partial charge in [-0.15, -0.1) is 0 Å². The number of rotatable bonds is 1. The highest BCUT2D eigenvalue weighted by atomic mass is 32.2. The van der Waals surface area contributed by atoms with Gasteiger partial charge in [0.25, 0.3) is 0 Å². The number of nitrogens with zero attached hydrogens (tertiary/aromatic N) is 1. The van der Waals surface area contributed by atoms with Crippen molar-refractivity contribution in [2.45, 2.75) is 18.9 Å². The molecule has 0 radical (unpaired) electrons. The highest BCUT2D eigenvalue weighted by Crippen LogP contribution is 2.21. The minimum atomic E-state index is -3.22. The molecule has 0 aromatic carbocycles. The number of sulfone groups is 1. The van der Waals surface area contributed by atoms with Crippen molar-refractivity contribution in [3.8, 4) is 0 Å². The molecule has 0 atom stereocenters. The van der Waals surface area contributed by atoms with Crippen LogP contribution < -0.4 is 5.32 Å². The van der Waals surface area contributed by atoms with E-state index in [9.17, 15) is 16.8 Å². The van der Waals surface area contributed by atoms with Crippen LogP contribution in [0.5, 0.6) is 0 Å². The van der Waals surface area contributed by atoms with Crippen molar-refractivity contribution >= 4 is 19.9 Å². The highest BCUT2D eigenvalue weighted by molar-refractivity contribution is 7.91. The third kappa shape index (κ3) is 3.18. The fourth-order valence-electron chi connectivity index (χ4n) is 2.35. The lowest BCUT2D eigenvalue weighted by molar-refractivity contribution is 0.304. The zero-order chi connectivity index (χ0) is 12.5. The van der Waals surface area contributed by atoms with E-state index in [4.69, 9.17) is 0 Å². The average molecular weight is 282 g/mol. The molecule has 2 fully saturated rings. The van der Waals surface area contributed by atoms with Crippen LogP contribution in [0.4, 0.5) is 0 Å². The molecule has 0 aromatic rings. The maximum absolute atomic E-state index is 12.0. The summed E-state index contributed by atoms with van der Waals surface area (Å²) in [5, 5.41) is 3.05.